The van der Waals surface area contributed by atoms with Crippen molar-refractivity contribution in [1.82, 2.24) is 15.6 Å². The Hall–Kier alpha value is -2.80. The van der Waals surface area contributed by atoms with Crippen molar-refractivity contribution >= 4 is 6.03 Å². The molecule has 0 fully saturated rings. The summed E-state index contributed by atoms with van der Waals surface area (Å²) in [5.41, 5.74) is 0.872. The van der Waals surface area contributed by atoms with Crippen molar-refractivity contribution in [2.24, 2.45) is 0 Å². The maximum atomic E-state index is 11.7. The molecular weight excluding hydrogens is 322 g/mol. The minimum atomic E-state index is -0.247. The van der Waals surface area contributed by atoms with Gasteiger partial charge in [-0.05, 0) is 36.8 Å². The van der Waals surface area contributed by atoms with E-state index in [0.717, 1.165) is 11.3 Å². The molecule has 0 spiro atoms. The summed E-state index contributed by atoms with van der Waals surface area (Å²) in [6.07, 6.45) is 1.66. The first-order valence-corrected chi connectivity index (χ1v) is 7.91. The van der Waals surface area contributed by atoms with Crippen LogP contribution >= 0.6 is 0 Å². The van der Waals surface area contributed by atoms with Crippen LogP contribution in [0.2, 0.25) is 0 Å². The number of ether oxygens (including phenoxy) is 3. The number of hydrogen-bond donors (Lipinski definition) is 2. The molecule has 134 valence electrons. The van der Waals surface area contributed by atoms with E-state index in [1.54, 1.807) is 26.5 Å². The van der Waals surface area contributed by atoms with Crippen molar-refractivity contribution in [2.45, 2.75) is 19.5 Å². The molecule has 0 aliphatic heterocycles. The summed E-state index contributed by atoms with van der Waals surface area (Å²) in [6.45, 7) is 2.71. The fraction of sp³-hybridized carbons (Fsp3) is 0.333. The van der Waals surface area contributed by atoms with Gasteiger partial charge in [0.2, 0.25) is 5.88 Å². The minimum Gasteiger partial charge on any atom is -0.497 e. The summed E-state index contributed by atoms with van der Waals surface area (Å²) in [5.74, 6) is 1.91. The van der Waals surface area contributed by atoms with Crippen LogP contribution in [-0.4, -0.2) is 37.9 Å². The molecule has 2 aromatic rings. The van der Waals surface area contributed by atoms with Gasteiger partial charge in [0.1, 0.15) is 11.5 Å². The van der Waals surface area contributed by atoms with E-state index in [2.05, 4.69) is 15.6 Å². The van der Waals surface area contributed by atoms with Crippen molar-refractivity contribution in [3.63, 3.8) is 0 Å². The van der Waals surface area contributed by atoms with E-state index in [0.29, 0.717) is 24.8 Å². The molecule has 1 heterocycles. The Bertz CT molecular complexity index is 659. The fourth-order valence-corrected chi connectivity index (χ4v) is 2.09. The van der Waals surface area contributed by atoms with Gasteiger partial charge in [0, 0.05) is 25.9 Å². The molecule has 7 nitrogen and oxygen atoms in total. The monoisotopic (exact) mass is 345 g/mol. The second-order valence-corrected chi connectivity index (χ2v) is 5.47. The van der Waals surface area contributed by atoms with E-state index in [9.17, 15) is 4.79 Å². The van der Waals surface area contributed by atoms with Crippen molar-refractivity contribution in [2.75, 3.05) is 20.8 Å². The van der Waals surface area contributed by atoms with Crippen LogP contribution in [0, 0.1) is 0 Å². The molecule has 0 saturated carbocycles. The number of benzene rings is 1. The first-order valence-electron chi connectivity index (χ1n) is 7.91. The first kappa shape index (κ1) is 18.5. The van der Waals surface area contributed by atoms with Crippen LogP contribution in [0.4, 0.5) is 4.79 Å². The molecule has 0 bridgehead atoms. The third kappa shape index (κ3) is 6.31. The fourth-order valence-electron chi connectivity index (χ4n) is 2.09. The van der Waals surface area contributed by atoms with Gasteiger partial charge < -0.3 is 24.8 Å². The smallest absolute Gasteiger partial charge is 0.315 e. The topological polar surface area (TPSA) is 81.7 Å². The molecule has 1 aromatic heterocycles. The normalized spacial score (nSPS) is 11.5. The number of carbonyl (C=O) groups is 1. The zero-order valence-electron chi connectivity index (χ0n) is 14.6. The van der Waals surface area contributed by atoms with Crippen LogP contribution < -0.4 is 20.1 Å². The Balaban J connectivity index is 1.81. The highest BCUT2D eigenvalue weighted by atomic mass is 16.5. The number of amides is 2. The Kier molecular flexibility index (Phi) is 7.03. The lowest BCUT2D eigenvalue weighted by molar-refractivity contribution is 0.171. The molecule has 0 aliphatic carbocycles. The lowest BCUT2D eigenvalue weighted by Crippen LogP contribution is -2.42. The van der Waals surface area contributed by atoms with E-state index in [4.69, 9.17) is 14.2 Å². The highest BCUT2D eigenvalue weighted by molar-refractivity contribution is 5.74. The minimum absolute atomic E-state index is 0.0524. The Morgan fingerprint density at radius 1 is 1.12 bits per heavy atom. The number of urea groups is 1. The Morgan fingerprint density at radius 3 is 2.44 bits per heavy atom. The summed E-state index contributed by atoms with van der Waals surface area (Å²) < 4.78 is 15.7. The maximum Gasteiger partial charge on any atom is 0.315 e. The van der Waals surface area contributed by atoms with Gasteiger partial charge in [-0.15, -0.1) is 0 Å². The third-order valence-electron chi connectivity index (χ3n) is 3.33. The molecule has 2 amide bonds. The van der Waals surface area contributed by atoms with Gasteiger partial charge >= 0.3 is 6.03 Å². The SMILES string of the molecule is COCC(C)NC(=O)NCc1ccc(Oc2ccc(OC)cc2)nc1. The van der Waals surface area contributed by atoms with Gasteiger partial charge in [0.25, 0.3) is 0 Å². The van der Waals surface area contributed by atoms with Crippen LogP contribution in [0.25, 0.3) is 0 Å². The molecule has 0 aliphatic rings. The van der Waals surface area contributed by atoms with E-state index in [1.807, 2.05) is 37.3 Å². The second-order valence-electron chi connectivity index (χ2n) is 5.47. The van der Waals surface area contributed by atoms with Crippen LogP contribution in [0.15, 0.2) is 42.6 Å². The molecular formula is C18H23N3O4. The zero-order chi connectivity index (χ0) is 18.1. The standard InChI is InChI=1S/C18H23N3O4/c1-13(12-23-2)21-18(22)20-11-14-4-9-17(19-10-14)25-16-7-5-15(24-3)6-8-16/h4-10,13H,11-12H2,1-3H3,(H2,20,21,22). The number of methoxy groups -OCH3 is 2. The van der Waals surface area contributed by atoms with Crippen LogP contribution in [-0.2, 0) is 11.3 Å². The second kappa shape index (κ2) is 9.48. The molecule has 7 heteroatoms. The molecule has 2 N–H and O–H groups in total. The summed E-state index contributed by atoms with van der Waals surface area (Å²) in [7, 11) is 3.21. The van der Waals surface area contributed by atoms with Crippen molar-refractivity contribution < 1.29 is 19.0 Å². The average molecular weight is 345 g/mol. The number of carbonyl (C=O) groups excluding carboxylic acids is 1. The lowest BCUT2D eigenvalue weighted by atomic mass is 10.3. The number of pyridine rings is 1. The number of aromatic nitrogens is 1. The van der Waals surface area contributed by atoms with Crippen LogP contribution in [0.1, 0.15) is 12.5 Å². The Morgan fingerprint density at radius 2 is 1.84 bits per heavy atom. The number of nitrogens with zero attached hydrogens (tertiary/aromatic N) is 1. The summed E-state index contributed by atoms with van der Waals surface area (Å²) in [6, 6.07) is 10.6. The van der Waals surface area contributed by atoms with Crippen molar-refractivity contribution in [3.8, 4) is 17.4 Å². The predicted octanol–water partition coefficient (Wildman–Crippen LogP) is 2.72. The molecule has 0 radical (unpaired) electrons. The quantitative estimate of drug-likeness (QED) is 0.769. The number of hydrogen-bond acceptors (Lipinski definition) is 5. The highest BCUT2D eigenvalue weighted by Crippen LogP contribution is 2.22. The van der Waals surface area contributed by atoms with Crippen LogP contribution in [0.5, 0.6) is 17.4 Å². The summed E-state index contributed by atoms with van der Waals surface area (Å²) in [5, 5.41) is 5.54. The molecule has 25 heavy (non-hydrogen) atoms. The van der Waals surface area contributed by atoms with Crippen LogP contribution in [0.3, 0.4) is 0 Å². The molecule has 2 rings (SSSR count). The lowest BCUT2D eigenvalue weighted by Gasteiger charge is -2.13. The largest absolute Gasteiger partial charge is 0.497 e. The van der Waals surface area contributed by atoms with Gasteiger partial charge in [-0.2, -0.15) is 0 Å². The molecule has 1 atom stereocenters. The highest BCUT2D eigenvalue weighted by Gasteiger charge is 2.06. The number of rotatable bonds is 8. The van der Waals surface area contributed by atoms with Gasteiger partial charge in [-0.1, -0.05) is 6.07 Å². The number of nitrogens with one attached hydrogen (secondary N) is 2. The summed E-state index contributed by atoms with van der Waals surface area (Å²) >= 11 is 0. The van der Waals surface area contributed by atoms with Gasteiger partial charge in [-0.3, -0.25) is 0 Å². The van der Waals surface area contributed by atoms with E-state index < -0.39 is 0 Å². The first-order chi connectivity index (χ1) is 12.1. The Labute approximate surface area is 147 Å². The van der Waals surface area contributed by atoms with Gasteiger partial charge in [0.15, 0.2) is 0 Å². The molecule has 1 aromatic carbocycles. The predicted molar refractivity (Wildman–Crippen MR) is 94.0 cm³/mol. The summed E-state index contributed by atoms with van der Waals surface area (Å²) in [4.78, 5) is 16.0. The van der Waals surface area contributed by atoms with E-state index >= 15 is 0 Å². The van der Waals surface area contributed by atoms with Gasteiger partial charge in [-0.25, -0.2) is 9.78 Å². The van der Waals surface area contributed by atoms with E-state index in [1.165, 1.54) is 0 Å². The van der Waals surface area contributed by atoms with Crippen molar-refractivity contribution in [3.05, 3.63) is 48.2 Å². The average Bonchev–Trinajstić information content (AvgIpc) is 2.62. The third-order valence-corrected chi connectivity index (χ3v) is 3.33. The molecule has 1 unspecified atom stereocenters. The van der Waals surface area contributed by atoms with E-state index in [-0.39, 0.29) is 12.1 Å². The zero-order valence-corrected chi connectivity index (χ0v) is 14.6. The van der Waals surface area contributed by atoms with Gasteiger partial charge in [0.05, 0.1) is 19.8 Å². The molecule has 0 saturated heterocycles. The maximum absolute atomic E-state index is 11.7. The van der Waals surface area contributed by atoms with Crippen molar-refractivity contribution in [1.29, 1.82) is 0 Å².